The highest BCUT2D eigenvalue weighted by molar-refractivity contribution is 6.07. The third-order valence-electron chi connectivity index (χ3n) is 4.54. The van der Waals surface area contributed by atoms with Crippen molar-refractivity contribution >= 4 is 22.8 Å². The fraction of sp³-hybridized carbons (Fsp3) is 0.333. The number of hydrogen-bond donors (Lipinski definition) is 2. The minimum Gasteiger partial charge on any atom is -0.494 e. The number of hydrogen-bond acceptors (Lipinski definition) is 5. The monoisotopic (exact) mass is 395 g/mol. The van der Waals surface area contributed by atoms with E-state index in [1.165, 1.54) is 0 Å². The molecule has 0 aliphatic heterocycles. The molecule has 0 atom stereocenters. The summed E-state index contributed by atoms with van der Waals surface area (Å²) in [6.45, 7) is 8.28. The van der Waals surface area contributed by atoms with Gasteiger partial charge >= 0.3 is 0 Å². The van der Waals surface area contributed by atoms with Gasteiger partial charge in [-0.3, -0.25) is 25.1 Å². The van der Waals surface area contributed by atoms with Gasteiger partial charge in [-0.1, -0.05) is 13.8 Å². The number of carbonyl (C=O) groups excluding carboxylic acids is 2. The van der Waals surface area contributed by atoms with Crippen molar-refractivity contribution < 1.29 is 14.3 Å². The molecule has 2 N–H and O–H groups in total. The van der Waals surface area contributed by atoms with Gasteiger partial charge in [0.05, 0.1) is 23.3 Å². The Kier molecular flexibility index (Phi) is 5.81. The second-order valence-corrected chi connectivity index (χ2v) is 7.02. The van der Waals surface area contributed by atoms with Crippen molar-refractivity contribution in [3.63, 3.8) is 0 Å². The smallest absolute Gasteiger partial charge is 0.270 e. The fourth-order valence-corrected chi connectivity index (χ4v) is 3.06. The van der Waals surface area contributed by atoms with E-state index in [-0.39, 0.29) is 5.92 Å². The second-order valence-electron chi connectivity index (χ2n) is 7.02. The quantitative estimate of drug-likeness (QED) is 0.648. The van der Waals surface area contributed by atoms with Crippen LogP contribution in [0.5, 0.6) is 5.75 Å². The molecule has 0 aliphatic rings. The lowest BCUT2D eigenvalue weighted by Gasteiger charge is -2.12. The van der Waals surface area contributed by atoms with Gasteiger partial charge < -0.3 is 4.74 Å². The number of hydrazine groups is 1. The summed E-state index contributed by atoms with van der Waals surface area (Å²) < 4.78 is 7.02. The number of ether oxygens (including phenoxy) is 1. The molecule has 2 aromatic heterocycles. The maximum atomic E-state index is 12.9. The average molecular weight is 395 g/mol. The number of rotatable bonds is 5. The molecule has 1 aromatic carbocycles. The van der Waals surface area contributed by atoms with Gasteiger partial charge in [-0.25, -0.2) is 4.98 Å². The number of carbonyl (C=O) groups is 2. The molecule has 0 saturated heterocycles. The molecule has 0 fully saturated rings. The van der Waals surface area contributed by atoms with E-state index < -0.39 is 11.8 Å². The molecular formula is C21H25N5O3. The van der Waals surface area contributed by atoms with Crippen LogP contribution in [0.15, 0.2) is 30.3 Å². The van der Waals surface area contributed by atoms with Crippen LogP contribution in [0.4, 0.5) is 0 Å². The molecule has 0 radical (unpaired) electrons. The van der Waals surface area contributed by atoms with E-state index in [0.29, 0.717) is 40.2 Å². The van der Waals surface area contributed by atoms with E-state index in [9.17, 15) is 9.59 Å². The Balaban J connectivity index is 1.81. The van der Waals surface area contributed by atoms with Gasteiger partial charge in [0.25, 0.3) is 11.8 Å². The third-order valence-corrected chi connectivity index (χ3v) is 4.54. The van der Waals surface area contributed by atoms with Crippen LogP contribution in [-0.2, 0) is 7.05 Å². The van der Waals surface area contributed by atoms with Gasteiger partial charge in [0, 0.05) is 18.3 Å². The summed E-state index contributed by atoms with van der Waals surface area (Å²) in [4.78, 5) is 29.8. The molecule has 3 rings (SSSR count). The fourth-order valence-electron chi connectivity index (χ4n) is 3.06. The predicted octanol–water partition coefficient (Wildman–Crippen LogP) is 2.87. The lowest BCUT2D eigenvalue weighted by molar-refractivity contribution is 0.0847. The van der Waals surface area contributed by atoms with Crippen molar-refractivity contribution in [3.05, 3.63) is 52.8 Å². The minimum atomic E-state index is -0.422. The Bertz CT molecular complexity index is 1050. The molecule has 3 aromatic rings. The van der Waals surface area contributed by atoms with Crippen LogP contribution in [0.3, 0.4) is 0 Å². The number of pyridine rings is 1. The maximum absolute atomic E-state index is 12.9. The Morgan fingerprint density at radius 2 is 1.79 bits per heavy atom. The van der Waals surface area contributed by atoms with E-state index in [2.05, 4.69) is 20.9 Å². The van der Waals surface area contributed by atoms with Gasteiger partial charge in [-0.2, -0.15) is 5.10 Å². The average Bonchev–Trinajstić information content (AvgIpc) is 2.99. The minimum absolute atomic E-state index is 0.139. The van der Waals surface area contributed by atoms with Crippen LogP contribution < -0.4 is 15.6 Å². The molecule has 8 nitrogen and oxygen atoms in total. The van der Waals surface area contributed by atoms with Gasteiger partial charge in [-0.15, -0.1) is 0 Å². The predicted molar refractivity (Wildman–Crippen MR) is 110 cm³/mol. The topological polar surface area (TPSA) is 98.1 Å². The van der Waals surface area contributed by atoms with Crippen molar-refractivity contribution in [1.82, 2.24) is 25.6 Å². The van der Waals surface area contributed by atoms with Crippen molar-refractivity contribution in [1.29, 1.82) is 0 Å². The highest BCUT2D eigenvalue weighted by atomic mass is 16.5. The standard InChI is InChI=1S/C21H25N5O3/c1-6-29-15-9-7-14(8-10-15)20(27)23-24-21(28)16-11-17(12(2)3)22-19-18(16)13(4)25-26(19)5/h7-12H,6H2,1-5H3,(H,23,27)(H,24,28). The van der Waals surface area contributed by atoms with Crippen molar-refractivity contribution in [2.24, 2.45) is 7.05 Å². The second kappa shape index (κ2) is 8.30. The zero-order valence-corrected chi connectivity index (χ0v) is 17.2. The number of nitrogens with one attached hydrogen (secondary N) is 2. The number of aromatic nitrogens is 3. The first-order valence-electron chi connectivity index (χ1n) is 9.49. The first-order valence-corrected chi connectivity index (χ1v) is 9.49. The van der Waals surface area contributed by atoms with Crippen LogP contribution in [0.1, 0.15) is 58.8 Å². The summed E-state index contributed by atoms with van der Waals surface area (Å²) in [7, 11) is 1.79. The summed E-state index contributed by atoms with van der Waals surface area (Å²) in [5.41, 5.74) is 7.92. The number of nitrogens with zero attached hydrogens (tertiary/aromatic N) is 3. The van der Waals surface area contributed by atoms with Gasteiger partial charge in [0.1, 0.15) is 5.75 Å². The highest BCUT2D eigenvalue weighted by Gasteiger charge is 2.20. The van der Waals surface area contributed by atoms with E-state index >= 15 is 0 Å². The molecule has 0 aliphatic carbocycles. The van der Waals surface area contributed by atoms with Gasteiger partial charge in [-0.05, 0) is 50.1 Å². The number of fused-ring (bicyclic) bond motifs is 1. The molecule has 152 valence electrons. The Hall–Kier alpha value is -3.42. The Morgan fingerprint density at radius 1 is 1.14 bits per heavy atom. The summed E-state index contributed by atoms with van der Waals surface area (Å²) in [6, 6.07) is 8.44. The number of aryl methyl sites for hydroxylation is 2. The SMILES string of the molecule is CCOc1ccc(C(=O)NNC(=O)c2cc(C(C)C)nc3c2c(C)nn3C)cc1. The first kappa shape index (κ1) is 20.3. The van der Waals surface area contributed by atoms with Crippen LogP contribution in [0, 0.1) is 6.92 Å². The molecule has 0 saturated carbocycles. The largest absolute Gasteiger partial charge is 0.494 e. The van der Waals surface area contributed by atoms with Crippen LogP contribution in [-0.4, -0.2) is 33.2 Å². The Labute approximate surface area is 169 Å². The van der Waals surface area contributed by atoms with E-state index in [1.54, 1.807) is 42.1 Å². The molecule has 29 heavy (non-hydrogen) atoms. The molecule has 0 unspecified atom stereocenters. The van der Waals surface area contributed by atoms with E-state index in [0.717, 1.165) is 5.69 Å². The van der Waals surface area contributed by atoms with Crippen molar-refractivity contribution in [3.8, 4) is 5.75 Å². The zero-order chi connectivity index (χ0) is 21.1. The molecule has 0 spiro atoms. The summed E-state index contributed by atoms with van der Waals surface area (Å²) in [6.07, 6.45) is 0. The third kappa shape index (κ3) is 4.21. The summed E-state index contributed by atoms with van der Waals surface area (Å²) in [5, 5.41) is 5.05. The number of benzene rings is 1. The van der Waals surface area contributed by atoms with Gasteiger partial charge in [0.15, 0.2) is 5.65 Å². The molecule has 0 bridgehead atoms. The highest BCUT2D eigenvalue weighted by Crippen LogP contribution is 2.24. The van der Waals surface area contributed by atoms with Crippen LogP contribution in [0.2, 0.25) is 0 Å². The molecule has 2 heterocycles. The van der Waals surface area contributed by atoms with E-state index in [1.807, 2.05) is 27.7 Å². The van der Waals surface area contributed by atoms with Crippen molar-refractivity contribution in [2.45, 2.75) is 33.6 Å². The normalized spacial score (nSPS) is 11.0. The van der Waals surface area contributed by atoms with E-state index in [4.69, 9.17) is 4.74 Å². The molecular weight excluding hydrogens is 370 g/mol. The first-order chi connectivity index (χ1) is 13.8. The van der Waals surface area contributed by atoms with Gasteiger partial charge in [0.2, 0.25) is 0 Å². The van der Waals surface area contributed by atoms with Crippen LogP contribution >= 0.6 is 0 Å². The molecule has 2 amide bonds. The Morgan fingerprint density at radius 3 is 2.41 bits per heavy atom. The lowest BCUT2D eigenvalue weighted by atomic mass is 10.0. The maximum Gasteiger partial charge on any atom is 0.270 e. The molecule has 8 heteroatoms. The number of amides is 2. The van der Waals surface area contributed by atoms with Crippen LogP contribution in [0.25, 0.3) is 11.0 Å². The van der Waals surface area contributed by atoms with Crippen molar-refractivity contribution in [2.75, 3.05) is 6.61 Å². The zero-order valence-electron chi connectivity index (χ0n) is 17.2. The summed E-state index contributed by atoms with van der Waals surface area (Å²) >= 11 is 0. The lowest BCUT2D eigenvalue weighted by Crippen LogP contribution is -2.41. The summed E-state index contributed by atoms with van der Waals surface area (Å²) in [5.74, 6) is -0.0199.